The number of anilines is 1. The van der Waals surface area contributed by atoms with Crippen LogP contribution in [0.1, 0.15) is 0 Å². The molecule has 8 nitrogen and oxygen atoms in total. The fourth-order valence-electron chi connectivity index (χ4n) is 1.46. The average Bonchev–Trinajstić information content (AvgIpc) is 2.84. The third-order valence-corrected chi connectivity index (χ3v) is 3.78. The van der Waals surface area contributed by atoms with Gasteiger partial charge in [-0.15, -0.1) is 10.2 Å². The molecule has 0 fully saturated rings. The average molecular weight is 328 g/mol. The maximum Gasteiger partial charge on any atom is 0.289 e. The molecule has 0 saturated heterocycles. The Bertz CT molecular complexity index is 690. The zero-order valence-corrected chi connectivity index (χ0v) is 12.4. The number of hydrogen-bond donors (Lipinski definition) is 1. The van der Waals surface area contributed by atoms with Gasteiger partial charge in [-0.05, 0) is 12.1 Å². The molecule has 1 heterocycles. The van der Waals surface area contributed by atoms with Crippen molar-refractivity contribution in [2.45, 2.75) is 5.16 Å². The number of aryl methyl sites for hydroxylation is 1. The Morgan fingerprint density at radius 2 is 2.33 bits per heavy atom. The summed E-state index contributed by atoms with van der Waals surface area (Å²) in [6.45, 7) is 0. The highest BCUT2D eigenvalue weighted by atomic mass is 35.5. The van der Waals surface area contributed by atoms with Gasteiger partial charge in [-0.3, -0.25) is 14.9 Å². The maximum absolute atomic E-state index is 11.8. The molecule has 0 aliphatic rings. The Labute approximate surface area is 128 Å². The second kappa shape index (κ2) is 6.55. The number of benzene rings is 1. The predicted molar refractivity (Wildman–Crippen MR) is 78.5 cm³/mol. The number of aromatic nitrogens is 3. The van der Waals surface area contributed by atoms with Crippen molar-refractivity contribution in [3.8, 4) is 0 Å². The summed E-state index contributed by atoms with van der Waals surface area (Å²) in [7, 11) is 1.77. The summed E-state index contributed by atoms with van der Waals surface area (Å²) >= 11 is 6.91. The first-order chi connectivity index (χ1) is 9.97. The van der Waals surface area contributed by atoms with Gasteiger partial charge in [-0.25, -0.2) is 0 Å². The van der Waals surface area contributed by atoms with Crippen LogP contribution < -0.4 is 5.32 Å². The molecule has 10 heteroatoms. The van der Waals surface area contributed by atoms with Gasteiger partial charge in [0.05, 0.1) is 10.7 Å². The normalized spacial score (nSPS) is 10.4. The lowest BCUT2D eigenvalue weighted by atomic mass is 10.3. The number of nitrogens with one attached hydrogen (secondary N) is 1. The summed E-state index contributed by atoms with van der Waals surface area (Å²) < 4.78 is 1.69. The number of nitro groups is 1. The molecule has 0 bridgehead atoms. The van der Waals surface area contributed by atoms with Gasteiger partial charge in [0.2, 0.25) is 5.91 Å². The van der Waals surface area contributed by atoms with Crippen LogP contribution in [0.2, 0.25) is 5.02 Å². The number of carbonyl (C=O) groups is 1. The van der Waals surface area contributed by atoms with Crippen molar-refractivity contribution in [3.05, 3.63) is 39.7 Å². The molecule has 0 unspecified atom stereocenters. The summed E-state index contributed by atoms with van der Waals surface area (Å²) in [5.41, 5.74) is 0.0603. The standard InChI is InChI=1S/C11H10ClN5O3S/c1-16-6-13-15-11(16)21-5-10(18)14-7-2-3-8(12)9(4-7)17(19)20/h2-4,6H,5H2,1H3,(H,14,18). The minimum Gasteiger partial charge on any atom is -0.325 e. The van der Waals surface area contributed by atoms with Crippen LogP contribution in [0, 0.1) is 10.1 Å². The van der Waals surface area contributed by atoms with Gasteiger partial charge in [0.25, 0.3) is 5.69 Å². The molecule has 1 aromatic heterocycles. The zero-order valence-electron chi connectivity index (χ0n) is 10.8. The van der Waals surface area contributed by atoms with Crippen LogP contribution in [0.5, 0.6) is 0 Å². The molecule has 0 aliphatic carbocycles. The van der Waals surface area contributed by atoms with Gasteiger partial charge < -0.3 is 9.88 Å². The molecule has 21 heavy (non-hydrogen) atoms. The summed E-state index contributed by atoms with van der Waals surface area (Å²) in [5, 5.41) is 21.5. The SMILES string of the molecule is Cn1cnnc1SCC(=O)Nc1ccc(Cl)c([N+](=O)[O-])c1. The number of nitro benzene ring substituents is 1. The van der Waals surface area contributed by atoms with Gasteiger partial charge in [-0.2, -0.15) is 0 Å². The van der Waals surface area contributed by atoms with E-state index in [2.05, 4.69) is 15.5 Å². The lowest BCUT2D eigenvalue weighted by Gasteiger charge is -2.05. The summed E-state index contributed by atoms with van der Waals surface area (Å²) in [4.78, 5) is 22.0. The second-order valence-electron chi connectivity index (χ2n) is 3.98. The summed E-state index contributed by atoms with van der Waals surface area (Å²) in [6, 6.07) is 4.08. The Morgan fingerprint density at radius 1 is 1.57 bits per heavy atom. The van der Waals surface area contributed by atoms with E-state index in [-0.39, 0.29) is 22.4 Å². The molecular weight excluding hydrogens is 318 g/mol. The van der Waals surface area contributed by atoms with Crippen LogP contribution in [0.3, 0.4) is 0 Å². The summed E-state index contributed by atoms with van der Waals surface area (Å²) in [5.74, 6) is -0.192. The second-order valence-corrected chi connectivity index (χ2v) is 5.33. The van der Waals surface area contributed by atoms with Crippen LogP contribution in [0.25, 0.3) is 0 Å². The molecule has 0 spiro atoms. The number of amides is 1. The minimum absolute atomic E-state index is 0.0199. The molecule has 0 radical (unpaired) electrons. The molecule has 1 aromatic carbocycles. The smallest absolute Gasteiger partial charge is 0.289 e. The van der Waals surface area contributed by atoms with Crippen LogP contribution in [-0.4, -0.2) is 31.3 Å². The van der Waals surface area contributed by atoms with E-state index in [4.69, 9.17) is 11.6 Å². The number of halogens is 1. The van der Waals surface area contributed by atoms with Gasteiger partial charge in [0.15, 0.2) is 5.16 Å². The highest BCUT2D eigenvalue weighted by molar-refractivity contribution is 7.99. The third kappa shape index (κ3) is 3.92. The Hall–Kier alpha value is -2.13. The number of hydrogen-bond acceptors (Lipinski definition) is 6. The molecule has 110 valence electrons. The van der Waals surface area contributed by atoms with Crippen molar-refractivity contribution in [3.63, 3.8) is 0 Å². The first-order valence-corrected chi connectivity index (χ1v) is 7.04. The van der Waals surface area contributed by atoms with Crippen LogP contribution in [0.15, 0.2) is 29.7 Å². The van der Waals surface area contributed by atoms with Crippen molar-refractivity contribution in [1.29, 1.82) is 0 Å². The first kappa shape index (κ1) is 15.3. The monoisotopic (exact) mass is 327 g/mol. The largest absolute Gasteiger partial charge is 0.325 e. The van der Waals surface area contributed by atoms with E-state index in [1.165, 1.54) is 36.3 Å². The highest BCUT2D eigenvalue weighted by Crippen LogP contribution is 2.27. The Balaban J connectivity index is 1.98. The van der Waals surface area contributed by atoms with E-state index in [0.717, 1.165) is 0 Å². The topological polar surface area (TPSA) is 103 Å². The fraction of sp³-hybridized carbons (Fsp3) is 0.182. The van der Waals surface area contributed by atoms with Gasteiger partial charge >= 0.3 is 0 Å². The predicted octanol–water partition coefficient (Wildman–Crippen LogP) is 2.11. The number of thioether (sulfide) groups is 1. The number of nitrogens with zero attached hydrogens (tertiary/aromatic N) is 4. The molecule has 0 saturated carbocycles. The van der Waals surface area contributed by atoms with Crippen molar-refractivity contribution < 1.29 is 9.72 Å². The Morgan fingerprint density at radius 3 is 2.95 bits per heavy atom. The van der Waals surface area contributed by atoms with Crippen molar-refractivity contribution in [2.24, 2.45) is 7.05 Å². The summed E-state index contributed by atoms with van der Waals surface area (Å²) in [6.07, 6.45) is 1.53. The minimum atomic E-state index is -0.605. The molecule has 2 rings (SSSR count). The van der Waals surface area contributed by atoms with Gasteiger partial charge in [0.1, 0.15) is 11.3 Å². The van der Waals surface area contributed by atoms with E-state index in [1.54, 1.807) is 11.6 Å². The lowest BCUT2D eigenvalue weighted by molar-refractivity contribution is -0.384. The first-order valence-electron chi connectivity index (χ1n) is 5.68. The maximum atomic E-state index is 11.8. The number of rotatable bonds is 5. The van der Waals surface area contributed by atoms with E-state index in [1.807, 2.05) is 0 Å². The lowest BCUT2D eigenvalue weighted by Crippen LogP contribution is -2.14. The van der Waals surface area contributed by atoms with E-state index in [0.29, 0.717) is 10.8 Å². The third-order valence-electron chi connectivity index (χ3n) is 2.43. The quantitative estimate of drug-likeness (QED) is 0.512. The number of carbonyl (C=O) groups excluding carboxylic acids is 1. The zero-order chi connectivity index (χ0) is 15.4. The molecule has 1 amide bonds. The van der Waals surface area contributed by atoms with Crippen molar-refractivity contribution in [2.75, 3.05) is 11.1 Å². The van der Waals surface area contributed by atoms with Gasteiger partial charge in [0, 0.05) is 18.8 Å². The van der Waals surface area contributed by atoms with Crippen LogP contribution in [0.4, 0.5) is 11.4 Å². The van der Waals surface area contributed by atoms with Crippen molar-refractivity contribution >= 4 is 40.6 Å². The molecular formula is C11H10ClN5O3S. The highest BCUT2D eigenvalue weighted by Gasteiger charge is 2.14. The molecule has 1 N–H and O–H groups in total. The fourth-order valence-corrected chi connectivity index (χ4v) is 2.34. The van der Waals surface area contributed by atoms with E-state index in [9.17, 15) is 14.9 Å². The molecule has 0 aliphatic heterocycles. The Kier molecular flexibility index (Phi) is 4.76. The van der Waals surface area contributed by atoms with E-state index >= 15 is 0 Å². The van der Waals surface area contributed by atoms with Crippen molar-refractivity contribution in [1.82, 2.24) is 14.8 Å². The van der Waals surface area contributed by atoms with Crippen LogP contribution >= 0.6 is 23.4 Å². The molecule has 0 atom stereocenters. The van der Waals surface area contributed by atoms with E-state index < -0.39 is 4.92 Å². The van der Waals surface area contributed by atoms with Gasteiger partial charge in [-0.1, -0.05) is 23.4 Å². The molecule has 2 aromatic rings. The van der Waals surface area contributed by atoms with Crippen LogP contribution in [-0.2, 0) is 11.8 Å².